The SMILES string of the molecule is CC(C)C[C@H](NC(=O)N[C@@H](C[C@@H]1CNC(N)=N1)C(=O)NC1[C@H](O)[C@H](O)C(O[C@H]2O[C@H](C)[C@@H](N)C[C@@H]2N)[C@H](O)[C@H]1O)C(=O)O. The number of amides is 3. The standard InChI is InChI=1S/C25H46N8O10/c1-8(2)4-14(22(39)40)32-25(41)31-13(5-10-7-29-24(28)30-10)21(38)33-15-16(34)18(36)20(19(37)17(15)35)43-23-12(27)6-11(26)9(3)42-23/h8-20,23,34-37H,4-7,26-27H2,1-3H3,(H,33,38)(H,39,40)(H3,28,29,30)(H2,31,32,41)/t9-,10-,11+,12+,13+,14+,15?,16+,17+,18-,19+,20?,23-/m1/s1. The molecule has 18 nitrogen and oxygen atoms in total. The molecule has 0 bridgehead atoms. The normalized spacial score (nSPS) is 37.5. The molecule has 1 aliphatic carbocycles. The van der Waals surface area contributed by atoms with Crippen molar-refractivity contribution in [1.82, 2.24) is 21.3 Å². The number of aliphatic imine (C=N–C) groups is 1. The van der Waals surface area contributed by atoms with Crippen molar-refractivity contribution in [2.75, 3.05) is 6.54 Å². The number of carbonyl (C=O) groups excluding carboxylic acids is 2. The summed E-state index contributed by atoms with van der Waals surface area (Å²) in [6.07, 6.45) is -9.96. The number of rotatable bonds is 11. The van der Waals surface area contributed by atoms with E-state index in [2.05, 4.69) is 26.3 Å². The Balaban J connectivity index is 1.71. The highest BCUT2D eigenvalue weighted by Gasteiger charge is 2.52. The minimum atomic E-state index is -1.83. The molecule has 2 heterocycles. The number of aliphatic hydroxyl groups excluding tert-OH is 4. The zero-order chi connectivity index (χ0) is 32.2. The van der Waals surface area contributed by atoms with Gasteiger partial charge in [0.25, 0.3) is 0 Å². The van der Waals surface area contributed by atoms with E-state index in [9.17, 15) is 39.9 Å². The van der Waals surface area contributed by atoms with Crippen LogP contribution in [0.2, 0.25) is 0 Å². The minimum absolute atomic E-state index is 0.0521. The summed E-state index contributed by atoms with van der Waals surface area (Å²) in [6.45, 7) is 5.53. The summed E-state index contributed by atoms with van der Waals surface area (Å²) in [5.74, 6) is -2.09. The predicted molar refractivity (Wildman–Crippen MR) is 150 cm³/mol. The van der Waals surface area contributed by atoms with Gasteiger partial charge in [-0.1, -0.05) is 13.8 Å². The van der Waals surface area contributed by atoms with Crippen LogP contribution < -0.4 is 38.5 Å². The maximum absolute atomic E-state index is 13.4. The quantitative estimate of drug-likeness (QED) is 0.103. The van der Waals surface area contributed by atoms with Crippen molar-refractivity contribution in [2.45, 2.75) is 119 Å². The van der Waals surface area contributed by atoms with Gasteiger partial charge in [0, 0.05) is 19.0 Å². The first-order valence-corrected chi connectivity index (χ1v) is 14.3. The molecule has 43 heavy (non-hydrogen) atoms. The molecule has 2 fully saturated rings. The van der Waals surface area contributed by atoms with Crippen molar-refractivity contribution >= 4 is 23.9 Å². The largest absolute Gasteiger partial charge is 0.480 e. The predicted octanol–water partition coefficient (Wildman–Crippen LogP) is -5.05. The average molecular weight is 619 g/mol. The van der Waals surface area contributed by atoms with E-state index in [1.807, 2.05) is 0 Å². The lowest BCUT2D eigenvalue weighted by Crippen LogP contribution is -2.71. The number of hydrogen-bond donors (Lipinski definition) is 12. The van der Waals surface area contributed by atoms with Crippen LogP contribution in [0, 0.1) is 5.92 Å². The number of hydrogen-bond acceptors (Lipinski definition) is 14. The molecule has 0 aromatic rings. The zero-order valence-electron chi connectivity index (χ0n) is 24.4. The number of carbonyl (C=O) groups is 3. The molecule has 0 spiro atoms. The number of urea groups is 1. The first kappa shape index (κ1) is 34.6. The van der Waals surface area contributed by atoms with E-state index in [1.54, 1.807) is 20.8 Å². The third-order valence-electron chi connectivity index (χ3n) is 7.84. The van der Waals surface area contributed by atoms with Gasteiger partial charge in [0.05, 0.1) is 24.2 Å². The Bertz CT molecular complexity index is 1000. The van der Waals surface area contributed by atoms with Gasteiger partial charge >= 0.3 is 12.0 Å². The number of nitrogens with one attached hydrogen (secondary N) is 4. The van der Waals surface area contributed by atoms with Crippen molar-refractivity contribution < 1.29 is 49.4 Å². The number of aliphatic carboxylic acids is 1. The van der Waals surface area contributed by atoms with E-state index in [4.69, 9.17) is 26.7 Å². The van der Waals surface area contributed by atoms with E-state index >= 15 is 0 Å². The molecule has 3 aliphatic rings. The van der Waals surface area contributed by atoms with Gasteiger partial charge in [-0.3, -0.25) is 4.79 Å². The van der Waals surface area contributed by atoms with Crippen LogP contribution in [-0.2, 0) is 19.1 Å². The summed E-state index contributed by atoms with van der Waals surface area (Å²) >= 11 is 0. The molecule has 15 N–H and O–H groups in total. The molecule has 0 radical (unpaired) electrons. The molecule has 2 aliphatic heterocycles. The second-order valence-electron chi connectivity index (χ2n) is 11.8. The van der Waals surface area contributed by atoms with Gasteiger partial charge in [-0.25, -0.2) is 14.6 Å². The zero-order valence-corrected chi connectivity index (χ0v) is 24.4. The molecule has 2 unspecified atom stereocenters. The summed E-state index contributed by atoms with van der Waals surface area (Å²) in [4.78, 5) is 41.9. The highest BCUT2D eigenvalue weighted by atomic mass is 16.7. The van der Waals surface area contributed by atoms with Crippen molar-refractivity contribution in [3.8, 4) is 0 Å². The van der Waals surface area contributed by atoms with Crippen molar-refractivity contribution in [1.29, 1.82) is 0 Å². The van der Waals surface area contributed by atoms with E-state index < -0.39 is 91.0 Å². The number of carboxylic acid groups (broad SMARTS) is 1. The summed E-state index contributed by atoms with van der Waals surface area (Å²) in [5, 5.41) is 62.7. The van der Waals surface area contributed by atoms with Crippen LogP contribution in [0.5, 0.6) is 0 Å². The number of guanidine groups is 1. The van der Waals surface area contributed by atoms with Gasteiger partial charge in [-0.15, -0.1) is 0 Å². The molecule has 3 rings (SSSR count). The summed E-state index contributed by atoms with van der Waals surface area (Å²) < 4.78 is 11.3. The Hall–Kier alpha value is -2.84. The van der Waals surface area contributed by atoms with Crippen molar-refractivity contribution in [2.24, 2.45) is 28.1 Å². The third kappa shape index (κ3) is 8.85. The Kier molecular flexibility index (Phi) is 11.9. The van der Waals surface area contributed by atoms with E-state index in [-0.39, 0.29) is 37.3 Å². The van der Waals surface area contributed by atoms with E-state index in [0.717, 1.165) is 0 Å². The minimum Gasteiger partial charge on any atom is -0.480 e. The third-order valence-corrected chi connectivity index (χ3v) is 7.84. The topological polar surface area (TPSA) is 309 Å². The van der Waals surface area contributed by atoms with Crippen LogP contribution in [0.3, 0.4) is 0 Å². The van der Waals surface area contributed by atoms with Crippen LogP contribution in [-0.4, -0.2) is 135 Å². The van der Waals surface area contributed by atoms with Gasteiger partial charge in [0.2, 0.25) is 5.91 Å². The van der Waals surface area contributed by atoms with Crippen LogP contribution in [0.25, 0.3) is 0 Å². The molecular weight excluding hydrogens is 572 g/mol. The summed E-state index contributed by atoms with van der Waals surface area (Å²) in [5.41, 5.74) is 17.7. The summed E-state index contributed by atoms with van der Waals surface area (Å²) in [7, 11) is 0. The van der Waals surface area contributed by atoms with Crippen LogP contribution in [0.4, 0.5) is 4.79 Å². The summed E-state index contributed by atoms with van der Waals surface area (Å²) in [6, 6.07) is -6.74. The molecule has 246 valence electrons. The molecule has 0 aromatic heterocycles. The lowest BCUT2D eigenvalue weighted by molar-refractivity contribution is -0.282. The lowest BCUT2D eigenvalue weighted by Gasteiger charge is -2.46. The number of nitrogens with two attached hydrogens (primary N) is 3. The highest BCUT2D eigenvalue weighted by Crippen LogP contribution is 2.28. The molecular formula is C25H46N8O10. The monoisotopic (exact) mass is 618 g/mol. The van der Waals surface area contributed by atoms with Gasteiger partial charge in [0.15, 0.2) is 12.2 Å². The van der Waals surface area contributed by atoms with Crippen molar-refractivity contribution in [3.05, 3.63) is 0 Å². The smallest absolute Gasteiger partial charge is 0.326 e. The van der Waals surface area contributed by atoms with Gasteiger partial charge in [0.1, 0.15) is 42.6 Å². The second kappa shape index (κ2) is 14.8. The number of aliphatic hydroxyl groups is 4. The first-order valence-electron chi connectivity index (χ1n) is 14.3. The molecule has 0 aromatic carbocycles. The van der Waals surface area contributed by atoms with Crippen molar-refractivity contribution in [3.63, 3.8) is 0 Å². The molecule has 18 heteroatoms. The first-order chi connectivity index (χ1) is 20.1. The molecule has 1 saturated carbocycles. The fourth-order valence-electron chi connectivity index (χ4n) is 5.33. The Morgan fingerprint density at radius 3 is 2.19 bits per heavy atom. The second-order valence-corrected chi connectivity index (χ2v) is 11.8. The molecule has 3 amide bonds. The van der Waals surface area contributed by atoms with Gasteiger partial charge in [-0.2, -0.15) is 0 Å². The fraction of sp³-hybridized carbons (Fsp3) is 0.840. The maximum Gasteiger partial charge on any atom is 0.326 e. The maximum atomic E-state index is 13.4. The average Bonchev–Trinajstić information content (AvgIpc) is 3.33. The number of carboxylic acids is 1. The van der Waals surface area contributed by atoms with E-state index in [0.29, 0.717) is 6.42 Å². The van der Waals surface area contributed by atoms with E-state index in [1.165, 1.54) is 0 Å². The molecule has 1 saturated heterocycles. The Labute approximate surface area is 248 Å². The fourth-order valence-corrected chi connectivity index (χ4v) is 5.33. The van der Waals surface area contributed by atoms with Crippen LogP contribution in [0.15, 0.2) is 4.99 Å². The molecule has 13 atom stereocenters. The van der Waals surface area contributed by atoms with Crippen LogP contribution in [0.1, 0.15) is 40.0 Å². The highest BCUT2D eigenvalue weighted by molar-refractivity contribution is 5.89. The van der Waals surface area contributed by atoms with Crippen LogP contribution >= 0.6 is 0 Å². The number of ether oxygens (including phenoxy) is 2. The number of nitrogens with zero attached hydrogens (tertiary/aromatic N) is 1. The van der Waals surface area contributed by atoms with Gasteiger partial charge < -0.3 is 73.5 Å². The van der Waals surface area contributed by atoms with Gasteiger partial charge in [-0.05, 0) is 25.7 Å². The Morgan fingerprint density at radius 1 is 1.05 bits per heavy atom. The lowest BCUT2D eigenvalue weighted by atomic mass is 9.82. The Morgan fingerprint density at radius 2 is 1.65 bits per heavy atom.